The fraction of sp³-hybridized carbons (Fsp3) is 0.370. The van der Waals surface area contributed by atoms with Crippen molar-refractivity contribution in [3.8, 4) is 0 Å². The number of nitrogens with zero attached hydrogens (tertiary/aromatic N) is 3. The molecule has 0 bridgehead atoms. The third-order valence-electron chi connectivity index (χ3n) is 6.04. The van der Waals surface area contributed by atoms with Crippen LogP contribution < -0.4 is 5.32 Å². The topological polar surface area (TPSA) is 67.3 Å². The normalized spacial score (nSPS) is 14.1. The van der Waals surface area contributed by atoms with Crippen LogP contribution in [0.4, 0.5) is 5.95 Å². The zero-order valence-corrected chi connectivity index (χ0v) is 24.0. The minimum absolute atomic E-state index is 0.364. The van der Waals surface area contributed by atoms with Gasteiger partial charge >= 0.3 is 5.97 Å². The number of aryl methyl sites for hydroxylation is 3. The van der Waals surface area contributed by atoms with Crippen LogP contribution in [-0.4, -0.2) is 47.1 Å². The van der Waals surface area contributed by atoms with Gasteiger partial charge in [-0.05, 0) is 84.4 Å². The summed E-state index contributed by atoms with van der Waals surface area (Å²) >= 11 is 15.6. The fourth-order valence-corrected chi connectivity index (χ4v) is 4.47. The maximum absolute atomic E-state index is 11.0. The van der Waals surface area contributed by atoms with Gasteiger partial charge in [-0.2, -0.15) is 0 Å². The molecule has 9 heteroatoms. The van der Waals surface area contributed by atoms with E-state index in [1.54, 1.807) is 24.4 Å². The molecule has 36 heavy (non-hydrogen) atoms. The van der Waals surface area contributed by atoms with Gasteiger partial charge in [0.15, 0.2) is 0 Å². The van der Waals surface area contributed by atoms with Gasteiger partial charge in [0.2, 0.25) is 5.95 Å². The molecule has 4 rings (SSSR count). The van der Waals surface area contributed by atoms with Gasteiger partial charge in [-0.25, -0.2) is 14.8 Å². The van der Waals surface area contributed by atoms with E-state index in [0.29, 0.717) is 16.6 Å². The molecule has 6 nitrogen and oxygen atoms in total. The Kier molecular flexibility index (Phi) is 10.5. The van der Waals surface area contributed by atoms with Crippen molar-refractivity contribution in [2.75, 3.05) is 25.5 Å². The Bertz CT molecular complexity index is 1200. The first-order valence-electron chi connectivity index (χ1n) is 11.7. The van der Waals surface area contributed by atoms with Crippen LogP contribution in [0.3, 0.4) is 0 Å². The molecule has 0 atom stereocenters. The molecule has 192 valence electrons. The lowest BCUT2D eigenvalue weighted by molar-refractivity contribution is 0.0600. The summed E-state index contributed by atoms with van der Waals surface area (Å²) in [5, 5.41) is 4.91. The highest BCUT2D eigenvalue weighted by Crippen LogP contribution is 2.23. The Morgan fingerprint density at radius 2 is 1.83 bits per heavy atom. The molecule has 0 amide bonds. The Morgan fingerprint density at radius 1 is 1.11 bits per heavy atom. The summed E-state index contributed by atoms with van der Waals surface area (Å²) in [6, 6.07) is 11.8. The summed E-state index contributed by atoms with van der Waals surface area (Å²) < 4.78 is 5.48. The number of esters is 1. The molecule has 0 spiro atoms. The van der Waals surface area contributed by atoms with Crippen LogP contribution in [0, 0.1) is 20.8 Å². The number of carbonyl (C=O) groups excluding carboxylic acids is 1. The SMILES string of the molecule is COC(=O)c1ccc(C)c(Cl)c1.Cc1ccc(CN2CCC(Nc3ncc(Br)c(C)n3)CC2)c(Cl)c1. The van der Waals surface area contributed by atoms with Gasteiger partial charge in [0.25, 0.3) is 0 Å². The molecule has 1 aliphatic rings. The number of nitrogens with one attached hydrogen (secondary N) is 1. The Labute approximate surface area is 231 Å². The number of rotatable bonds is 5. The Morgan fingerprint density at radius 3 is 2.44 bits per heavy atom. The zero-order valence-electron chi connectivity index (χ0n) is 20.9. The monoisotopic (exact) mass is 592 g/mol. The van der Waals surface area contributed by atoms with Crippen molar-refractivity contribution in [1.82, 2.24) is 14.9 Å². The lowest BCUT2D eigenvalue weighted by Gasteiger charge is -2.32. The van der Waals surface area contributed by atoms with Gasteiger partial charge in [-0.1, -0.05) is 41.4 Å². The summed E-state index contributed by atoms with van der Waals surface area (Å²) in [7, 11) is 1.34. The van der Waals surface area contributed by atoms with Gasteiger partial charge in [0, 0.05) is 41.9 Å². The molecular formula is C27H31BrCl2N4O2. The highest BCUT2D eigenvalue weighted by molar-refractivity contribution is 9.10. The lowest BCUT2D eigenvalue weighted by Crippen LogP contribution is -2.39. The number of hydrogen-bond donors (Lipinski definition) is 1. The van der Waals surface area contributed by atoms with Gasteiger partial charge in [-0.15, -0.1) is 0 Å². The molecule has 1 saturated heterocycles. The number of likely N-dealkylation sites (tertiary alicyclic amines) is 1. The highest BCUT2D eigenvalue weighted by Gasteiger charge is 2.20. The molecule has 2 heterocycles. The first-order chi connectivity index (χ1) is 17.2. The average Bonchev–Trinajstić information content (AvgIpc) is 2.86. The predicted molar refractivity (Wildman–Crippen MR) is 150 cm³/mol. The second-order valence-electron chi connectivity index (χ2n) is 8.87. The second kappa shape index (κ2) is 13.4. The largest absolute Gasteiger partial charge is 0.465 e. The Hall–Kier alpha value is -2.19. The van der Waals surface area contributed by atoms with Crippen molar-refractivity contribution in [1.29, 1.82) is 0 Å². The minimum atomic E-state index is -0.364. The number of carbonyl (C=O) groups is 1. The van der Waals surface area contributed by atoms with E-state index in [1.807, 2.05) is 19.9 Å². The van der Waals surface area contributed by atoms with E-state index in [0.717, 1.165) is 59.2 Å². The molecule has 1 fully saturated rings. The number of anilines is 1. The van der Waals surface area contributed by atoms with Crippen molar-refractivity contribution in [2.45, 2.75) is 46.2 Å². The highest BCUT2D eigenvalue weighted by atomic mass is 79.9. The van der Waals surface area contributed by atoms with Gasteiger partial charge in [0.05, 0.1) is 22.8 Å². The quantitative estimate of drug-likeness (QED) is 0.321. The molecule has 1 aromatic heterocycles. The first-order valence-corrected chi connectivity index (χ1v) is 13.3. The van der Waals surface area contributed by atoms with E-state index in [9.17, 15) is 4.79 Å². The van der Waals surface area contributed by atoms with Gasteiger partial charge in [0.1, 0.15) is 0 Å². The summed E-state index contributed by atoms with van der Waals surface area (Å²) in [5.41, 5.74) is 4.80. The number of halogens is 3. The molecule has 0 radical (unpaired) electrons. The van der Waals surface area contributed by atoms with Gasteiger partial charge < -0.3 is 10.1 Å². The Balaban J connectivity index is 0.000000253. The van der Waals surface area contributed by atoms with Crippen LogP contribution in [0.15, 0.2) is 47.1 Å². The lowest BCUT2D eigenvalue weighted by atomic mass is 10.0. The van der Waals surface area contributed by atoms with E-state index in [1.165, 1.54) is 18.2 Å². The summed E-state index contributed by atoms with van der Waals surface area (Å²) in [6.07, 6.45) is 3.98. The second-order valence-corrected chi connectivity index (χ2v) is 10.5. The number of hydrogen-bond acceptors (Lipinski definition) is 6. The molecule has 3 aromatic rings. The molecular weight excluding hydrogens is 563 g/mol. The van der Waals surface area contributed by atoms with Crippen LogP contribution in [0.1, 0.15) is 45.6 Å². The molecule has 0 aliphatic carbocycles. The van der Waals surface area contributed by atoms with E-state index < -0.39 is 0 Å². The third kappa shape index (κ3) is 8.17. The average molecular weight is 594 g/mol. The van der Waals surface area contributed by atoms with Crippen molar-refractivity contribution in [3.05, 3.63) is 85.1 Å². The van der Waals surface area contributed by atoms with Crippen LogP contribution >= 0.6 is 39.1 Å². The molecule has 0 saturated carbocycles. The van der Waals surface area contributed by atoms with E-state index in [2.05, 4.69) is 59.9 Å². The third-order valence-corrected chi connectivity index (χ3v) is 7.57. The fourth-order valence-electron chi connectivity index (χ4n) is 3.80. The van der Waals surface area contributed by atoms with Crippen LogP contribution in [0.5, 0.6) is 0 Å². The zero-order chi connectivity index (χ0) is 26.2. The maximum Gasteiger partial charge on any atom is 0.337 e. The number of benzene rings is 2. The van der Waals surface area contributed by atoms with E-state index >= 15 is 0 Å². The van der Waals surface area contributed by atoms with E-state index in [-0.39, 0.29) is 5.97 Å². The standard InChI is InChI=1S/C18H22BrClN4.C9H9ClO2/c1-12-3-4-14(17(20)9-12)11-24-7-5-15(6-8-24)23-18-21-10-16(19)13(2)22-18;1-6-3-4-7(5-8(6)10)9(11)12-2/h3-4,9-10,15H,5-8,11H2,1-2H3,(H,21,22,23);3-5H,1-2H3. The summed E-state index contributed by atoms with van der Waals surface area (Å²) in [6.45, 7) is 8.95. The molecule has 1 N–H and O–H groups in total. The predicted octanol–water partition coefficient (Wildman–Crippen LogP) is 7.02. The number of ether oxygens (including phenoxy) is 1. The van der Waals surface area contributed by atoms with E-state index in [4.69, 9.17) is 23.2 Å². The molecule has 1 aliphatic heterocycles. The number of methoxy groups -OCH3 is 1. The van der Waals surface area contributed by atoms with Crippen LogP contribution in [0.25, 0.3) is 0 Å². The molecule has 2 aromatic carbocycles. The number of aromatic nitrogens is 2. The summed E-state index contributed by atoms with van der Waals surface area (Å²) in [5.74, 6) is 0.354. The maximum atomic E-state index is 11.0. The minimum Gasteiger partial charge on any atom is -0.465 e. The number of piperidine rings is 1. The van der Waals surface area contributed by atoms with Crippen molar-refractivity contribution < 1.29 is 9.53 Å². The van der Waals surface area contributed by atoms with Gasteiger partial charge in [-0.3, -0.25) is 4.90 Å². The first kappa shape index (κ1) is 28.4. The smallest absolute Gasteiger partial charge is 0.337 e. The van der Waals surface area contributed by atoms with Crippen molar-refractivity contribution >= 4 is 51.0 Å². The molecule has 0 unspecified atom stereocenters. The van der Waals surface area contributed by atoms with Crippen LogP contribution in [-0.2, 0) is 11.3 Å². The van der Waals surface area contributed by atoms with Crippen LogP contribution in [0.2, 0.25) is 10.0 Å². The summed E-state index contributed by atoms with van der Waals surface area (Å²) in [4.78, 5) is 22.3. The van der Waals surface area contributed by atoms with Crippen molar-refractivity contribution in [2.24, 2.45) is 0 Å². The van der Waals surface area contributed by atoms with Crippen molar-refractivity contribution in [3.63, 3.8) is 0 Å².